The summed E-state index contributed by atoms with van der Waals surface area (Å²) in [6, 6.07) is 10.1. The van der Waals surface area contributed by atoms with E-state index in [1.54, 1.807) is 0 Å². The largest absolute Gasteiger partial charge is 0.360 e. The maximum absolute atomic E-state index is 11.7. The number of carbonyl (C=O) groups excluding carboxylic acids is 1. The Hall–Kier alpha value is -1.75. The minimum absolute atomic E-state index is 0.0777. The van der Waals surface area contributed by atoms with Crippen LogP contribution in [-0.2, 0) is 10.5 Å². The minimum atomic E-state index is 0.0777. The zero-order valence-electron chi connectivity index (χ0n) is 14.0. The molecular weight excluding hydrogens is 308 g/mol. The summed E-state index contributed by atoms with van der Waals surface area (Å²) in [5.41, 5.74) is 3.10. The van der Waals surface area contributed by atoms with Crippen molar-refractivity contribution in [2.45, 2.75) is 32.9 Å². The molecule has 0 unspecified atom stereocenters. The van der Waals surface area contributed by atoms with Crippen LogP contribution in [0.5, 0.6) is 0 Å². The van der Waals surface area contributed by atoms with Gasteiger partial charge < -0.3 is 9.84 Å². The third-order valence-electron chi connectivity index (χ3n) is 3.43. The zero-order chi connectivity index (χ0) is 16.7. The highest BCUT2D eigenvalue weighted by Crippen LogP contribution is 2.21. The molecule has 1 amide bonds. The summed E-state index contributed by atoms with van der Waals surface area (Å²) < 4.78 is 5.34. The van der Waals surface area contributed by atoms with E-state index in [1.807, 2.05) is 18.2 Å². The molecule has 0 bridgehead atoms. The first-order valence-electron chi connectivity index (χ1n) is 7.91. The first-order chi connectivity index (χ1) is 11.0. The van der Waals surface area contributed by atoms with Gasteiger partial charge in [0.15, 0.2) is 0 Å². The first-order valence-corrected chi connectivity index (χ1v) is 9.07. The molecule has 0 aliphatic carbocycles. The Labute approximate surface area is 142 Å². The molecule has 0 saturated carbocycles. The van der Waals surface area contributed by atoms with Crippen LogP contribution in [0.3, 0.4) is 0 Å². The lowest BCUT2D eigenvalue weighted by Crippen LogP contribution is -2.26. The topological polar surface area (TPSA) is 55.1 Å². The molecular formula is C18H24N2O2S. The van der Waals surface area contributed by atoms with E-state index in [9.17, 15) is 4.79 Å². The van der Waals surface area contributed by atoms with Gasteiger partial charge in [-0.1, -0.05) is 48.8 Å². The standard InChI is InChI=1S/C18H24N2O2S/c1-13(2)8-9-19-18(21)12-23-11-16-10-17(20-22-16)15-6-4-14(3)5-7-15/h4-7,10,13H,8-9,11-12H2,1-3H3,(H,19,21). The monoisotopic (exact) mass is 332 g/mol. The Morgan fingerprint density at radius 3 is 2.74 bits per heavy atom. The second kappa shape index (κ2) is 8.77. The maximum Gasteiger partial charge on any atom is 0.230 e. The lowest BCUT2D eigenvalue weighted by Gasteiger charge is -2.06. The predicted molar refractivity (Wildman–Crippen MR) is 95.3 cm³/mol. The van der Waals surface area contributed by atoms with Gasteiger partial charge in [-0.25, -0.2) is 0 Å². The molecule has 124 valence electrons. The van der Waals surface area contributed by atoms with Crippen LogP contribution in [0.4, 0.5) is 0 Å². The van der Waals surface area contributed by atoms with Gasteiger partial charge in [-0.3, -0.25) is 4.79 Å². The van der Waals surface area contributed by atoms with E-state index in [-0.39, 0.29) is 5.91 Å². The van der Waals surface area contributed by atoms with E-state index < -0.39 is 0 Å². The van der Waals surface area contributed by atoms with Crippen molar-refractivity contribution in [3.05, 3.63) is 41.7 Å². The van der Waals surface area contributed by atoms with Crippen molar-refractivity contribution in [2.24, 2.45) is 5.92 Å². The lowest BCUT2D eigenvalue weighted by atomic mass is 10.1. The van der Waals surface area contributed by atoms with Crippen molar-refractivity contribution in [1.29, 1.82) is 0 Å². The number of aromatic nitrogens is 1. The summed E-state index contributed by atoms with van der Waals surface area (Å²) in [5, 5.41) is 7.02. The van der Waals surface area contributed by atoms with Crippen LogP contribution in [0, 0.1) is 12.8 Å². The molecule has 2 aromatic rings. The average Bonchev–Trinajstić information content (AvgIpc) is 2.96. The summed E-state index contributed by atoms with van der Waals surface area (Å²) in [5.74, 6) is 2.57. The van der Waals surface area contributed by atoms with Gasteiger partial charge in [0, 0.05) is 18.2 Å². The number of aryl methyl sites for hydroxylation is 1. The number of carbonyl (C=O) groups is 1. The van der Waals surface area contributed by atoms with Crippen LogP contribution < -0.4 is 5.32 Å². The number of nitrogens with zero attached hydrogens (tertiary/aromatic N) is 1. The molecule has 4 nitrogen and oxygen atoms in total. The fraction of sp³-hybridized carbons (Fsp3) is 0.444. The van der Waals surface area contributed by atoms with E-state index in [1.165, 1.54) is 17.3 Å². The fourth-order valence-corrected chi connectivity index (χ4v) is 2.76. The molecule has 2 rings (SSSR count). The van der Waals surface area contributed by atoms with Gasteiger partial charge in [0.2, 0.25) is 5.91 Å². The summed E-state index contributed by atoms with van der Waals surface area (Å²) in [4.78, 5) is 11.7. The Bertz CT molecular complexity index is 620. The van der Waals surface area contributed by atoms with E-state index in [4.69, 9.17) is 4.52 Å². The molecule has 0 atom stereocenters. The van der Waals surface area contributed by atoms with Gasteiger partial charge in [-0.05, 0) is 19.3 Å². The van der Waals surface area contributed by atoms with Crippen molar-refractivity contribution in [1.82, 2.24) is 10.5 Å². The molecule has 1 N–H and O–H groups in total. The molecule has 0 spiro atoms. The van der Waals surface area contributed by atoms with Crippen LogP contribution in [-0.4, -0.2) is 23.4 Å². The van der Waals surface area contributed by atoms with Crippen molar-refractivity contribution in [2.75, 3.05) is 12.3 Å². The summed E-state index contributed by atoms with van der Waals surface area (Å²) >= 11 is 1.54. The Kier molecular flexibility index (Phi) is 6.71. The molecule has 0 fully saturated rings. The molecule has 0 aliphatic rings. The Morgan fingerprint density at radius 2 is 2.04 bits per heavy atom. The number of amides is 1. The van der Waals surface area contributed by atoms with Gasteiger partial charge >= 0.3 is 0 Å². The van der Waals surface area contributed by atoms with Gasteiger partial charge in [0.1, 0.15) is 11.5 Å². The second-order valence-corrected chi connectivity index (χ2v) is 7.06. The number of benzene rings is 1. The number of rotatable bonds is 8. The van der Waals surface area contributed by atoms with E-state index in [0.29, 0.717) is 17.4 Å². The molecule has 1 aromatic carbocycles. The first kappa shape index (κ1) is 17.6. The van der Waals surface area contributed by atoms with Gasteiger partial charge in [0.05, 0.1) is 11.5 Å². The SMILES string of the molecule is Cc1ccc(-c2cc(CSCC(=O)NCCC(C)C)on2)cc1. The van der Waals surface area contributed by atoms with Crippen LogP contribution in [0.2, 0.25) is 0 Å². The summed E-state index contributed by atoms with van der Waals surface area (Å²) in [7, 11) is 0. The number of hydrogen-bond donors (Lipinski definition) is 1. The number of thioether (sulfide) groups is 1. The predicted octanol–water partition coefficient (Wildman–Crippen LogP) is 4.05. The Morgan fingerprint density at radius 1 is 1.30 bits per heavy atom. The highest BCUT2D eigenvalue weighted by Gasteiger charge is 2.08. The highest BCUT2D eigenvalue weighted by molar-refractivity contribution is 7.99. The van der Waals surface area contributed by atoms with E-state index in [0.717, 1.165) is 30.0 Å². The fourth-order valence-electron chi connectivity index (χ4n) is 2.04. The quantitative estimate of drug-likeness (QED) is 0.792. The van der Waals surface area contributed by atoms with Crippen LogP contribution >= 0.6 is 11.8 Å². The lowest BCUT2D eigenvalue weighted by molar-refractivity contribution is -0.118. The number of hydrogen-bond acceptors (Lipinski definition) is 4. The molecule has 1 aromatic heterocycles. The molecule has 0 radical (unpaired) electrons. The maximum atomic E-state index is 11.7. The van der Waals surface area contributed by atoms with Crippen molar-refractivity contribution < 1.29 is 9.32 Å². The van der Waals surface area contributed by atoms with Gasteiger partial charge in [-0.2, -0.15) is 0 Å². The van der Waals surface area contributed by atoms with Crippen LogP contribution in [0.15, 0.2) is 34.9 Å². The van der Waals surface area contributed by atoms with Crippen molar-refractivity contribution in [3.8, 4) is 11.3 Å². The van der Waals surface area contributed by atoms with Crippen molar-refractivity contribution in [3.63, 3.8) is 0 Å². The van der Waals surface area contributed by atoms with Crippen LogP contribution in [0.25, 0.3) is 11.3 Å². The van der Waals surface area contributed by atoms with Crippen molar-refractivity contribution >= 4 is 17.7 Å². The second-order valence-electron chi connectivity index (χ2n) is 6.07. The molecule has 0 aliphatic heterocycles. The normalized spacial score (nSPS) is 11.0. The smallest absolute Gasteiger partial charge is 0.230 e. The van der Waals surface area contributed by atoms with Gasteiger partial charge in [-0.15, -0.1) is 11.8 Å². The Balaban J connectivity index is 1.74. The van der Waals surface area contributed by atoms with E-state index >= 15 is 0 Å². The highest BCUT2D eigenvalue weighted by atomic mass is 32.2. The van der Waals surface area contributed by atoms with Crippen LogP contribution in [0.1, 0.15) is 31.6 Å². The van der Waals surface area contributed by atoms with E-state index in [2.05, 4.69) is 43.4 Å². The molecule has 1 heterocycles. The third kappa shape index (κ3) is 6.10. The molecule has 0 saturated heterocycles. The average molecular weight is 332 g/mol. The molecule has 23 heavy (non-hydrogen) atoms. The molecule has 5 heteroatoms. The summed E-state index contributed by atoms with van der Waals surface area (Å²) in [6.45, 7) is 7.10. The third-order valence-corrected chi connectivity index (χ3v) is 4.38. The number of nitrogens with one attached hydrogen (secondary N) is 1. The minimum Gasteiger partial charge on any atom is -0.360 e. The van der Waals surface area contributed by atoms with Gasteiger partial charge in [0.25, 0.3) is 0 Å². The summed E-state index contributed by atoms with van der Waals surface area (Å²) in [6.07, 6.45) is 1.01. The zero-order valence-corrected chi connectivity index (χ0v) is 14.8.